The molecule has 3 heterocycles. The Morgan fingerprint density at radius 1 is 1.15 bits per heavy atom. The van der Waals surface area contributed by atoms with E-state index in [0.29, 0.717) is 18.9 Å². The number of hydrogen-bond donors (Lipinski definition) is 0. The highest BCUT2D eigenvalue weighted by molar-refractivity contribution is 5.84. The maximum absolute atomic E-state index is 13.0. The third kappa shape index (κ3) is 3.24. The third-order valence-electron chi connectivity index (χ3n) is 6.54. The van der Waals surface area contributed by atoms with Crippen molar-refractivity contribution in [2.45, 2.75) is 71.0 Å². The van der Waals surface area contributed by atoms with E-state index in [1.54, 1.807) is 0 Å². The molecule has 0 aromatic carbocycles. The van der Waals surface area contributed by atoms with Gasteiger partial charge in [-0.3, -0.25) is 14.6 Å². The molecule has 1 aromatic heterocycles. The first kappa shape index (κ1) is 17.5. The van der Waals surface area contributed by atoms with Crippen molar-refractivity contribution in [1.82, 2.24) is 14.8 Å². The van der Waals surface area contributed by atoms with Crippen molar-refractivity contribution in [3.05, 3.63) is 29.6 Å². The van der Waals surface area contributed by atoms with Gasteiger partial charge in [0.2, 0.25) is 11.8 Å². The quantitative estimate of drug-likeness (QED) is 0.838. The standard InChI is InChI=1S/C21H29N3O2/c1-14-6-8-16(9-7-14)21(26)23-11-10-18-19(23)12-20(25)24(18)13-17-5-3-4-15(2)22-17/h3-5,14,16,18-19H,6-13H2,1-2H3/t14?,16?,18-,19-/m0/s1. The summed E-state index contributed by atoms with van der Waals surface area (Å²) in [5.74, 6) is 1.38. The number of carbonyl (C=O) groups excluding carboxylic acids is 2. The van der Waals surface area contributed by atoms with Crippen molar-refractivity contribution in [1.29, 1.82) is 0 Å². The van der Waals surface area contributed by atoms with E-state index in [1.807, 2.05) is 34.9 Å². The van der Waals surface area contributed by atoms with Crippen molar-refractivity contribution in [2.75, 3.05) is 6.54 Å². The fourth-order valence-corrected chi connectivity index (χ4v) is 5.01. The Bertz CT molecular complexity index is 696. The number of fused-ring (bicyclic) bond motifs is 1. The van der Waals surface area contributed by atoms with Gasteiger partial charge in [-0.1, -0.05) is 13.0 Å². The van der Waals surface area contributed by atoms with Crippen molar-refractivity contribution in [3.63, 3.8) is 0 Å². The summed E-state index contributed by atoms with van der Waals surface area (Å²) < 4.78 is 0. The van der Waals surface area contributed by atoms with Gasteiger partial charge >= 0.3 is 0 Å². The van der Waals surface area contributed by atoms with E-state index < -0.39 is 0 Å². The molecule has 2 aliphatic heterocycles. The van der Waals surface area contributed by atoms with Gasteiger partial charge in [0.25, 0.3) is 0 Å². The van der Waals surface area contributed by atoms with Crippen LogP contribution in [0.15, 0.2) is 18.2 Å². The number of hydrogen-bond acceptors (Lipinski definition) is 3. The van der Waals surface area contributed by atoms with Gasteiger partial charge in [-0.15, -0.1) is 0 Å². The molecule has 140 valence electrons. The zero-order valence-corrected chi connectivity index (χ0v) is 15.9. The van der Waals surface area contributed by atoms with Crippen molar-refractivity contribution >= 4 is 11.8 Å². The number of aromatic nitrogens is 1. The van der Waals surface area contributed by atoms with E-state index in [9.17, 15) is 9.59 Å². The van der Waals surface area contributed by atoms with Gasteiger partial charge in [-0.2, -0.15) is 0 Å². The lowest BCUT2D eigenvalue weighted by Crippen LogP contribution is -2.43. The van der Waals surface area contributed by atoms with Gasteiger partial charge in [-0.05, 0) is 57.1 Å². The summed E-state index contributed by atoms with van der Waals surface area (Å²) in [7, 11) is 0. The van der Waals surface area contributed by atoms with Crippen LogP contribution in [0, 0.1) is 18.8 Å². The predicted molar refractivity (Wildman–Crippen MR) is 99.2 cm³/mol. The van der Waals surface area contributed by atoms with Crippen molar-refractivity contribution < 1.29 is 9.59 Å². The highest BCUT2D eigenvalue weighted by Crippen LogP contribution is 2.37. The van der Waals surface area contributed by atoms with Gasteiger partial charge in [0.1, 0.15) is 0 Å². The summed E-state index contributed by atoms with van der Waals surface area (Å²) in [5, 5.41) is 0. The monoisotopic (exact) mass is 355 g/mol. The van der Waals surface area contributed by atoms with Gasteiger partial charge < -0.3 is 9.80 Å². The largest absolute Gasteiger partial charge is 0.337 e. The molecule has 2 amide bonds. The normalized spacial score (nSPS) is 31.4. The summed E-state index contributed by atoms with van der Waals surface area (Å²) in [6.07, 6.45) is 5.71. The zero-order chi connectivity index (χ0) is 18.3. The number of carbonyl (C=O) groups is 2. The smallest absolute Gasteiger partial charge is 0.226 e. The summed E-state index contributed by atoms with van der Waals surface area (Å²) in [5.41, 5.74) is 1.91. The molecule has 5 nitrogen and oxygen atoms in total. The Kier molecular flexibility index (Phi) is 4.72. The lowest BCUT2D eigenvalue weighted by atomic mass is 9.82. The SMILES string of the molecule is Cc1cccc(CN2C(=O)C[C@H]3[C@@H]2CCN3C(=O)C2CCC(C)CC2)n1. The van der Waals surface area contributed by atoms with Gasteiger partial charge in [0, 0.05) is 24.6 Å². The molecular weight excluding hydrogens is 326 g/mol. The molecule has 2 saturated heterocycles. The fourth-order valence-electron chi connectivity index (χ4n) is 5.01. The van der Waals surface area contributed by atoms with Crippen molar-refractivity contribution in [2.24, 2.45) is 11.8 Å². The number of aryl methyl sites for hydroxylation is 1. The van der Waals surface area contributed by atoms with Crippen LogP contribution in [0.1, 0.15) is 56.8 Å². The van der Waals surface area contributed by atoms with Crippen LogP contribution < -0.4 is 0 Å². The Morgan fingerprint density at radius 3 is 2.65 bits per heavy atom. The van der Waals surface area contributed by atoms with E-state index in [1.165, 1.54) is 0 Å². The molecule has 2 atom stereocenters. The van der Waals surface area contributed by atoms with E-state index in [0.717, 1.165) is 56.0 Å². The fraction of sp³-hybridized carbons (Fsp3) is 0.667. The summed E-state index contributed by atoms with van der Waals surface area (Å²) >= 11 is 0. The third-order valence-corrected chi connectivity index (χ3v) is 6.54. The zero-order valence-electron chi connectivity index (χ0n) is 15.9. The van der Waals surface area contributed by atoms with E-state index >= 15 is 0 Å². The number of rotatable bonds is 3. The van der Waals surface area contributed by atoms with Crippen LogP contribution in [0.25, 0.3) is 0 Å². The van der Waals surface area contributed by atoms with Crippen LogP contribution in [0.4, 0.5) is 0 Å². The average Bonchev–Trinajstić information content (AvgIpc) is 3.15. The highest BCUT2D eigenvalue weighted by atomic mass is 16.2. The van der Waals surface area contributed by atoms with Crippen molar-refractivity contribution in [3.8, 4) is 0 Å². The average molecular weight is 355 g/mol. The first-order valence-corrected chi connectivity index (χ1v) is 10.1. The van der Waals surface area contributed by atoms with Crippen LogP contribution in [-0.2, 0) is 16.1 Å². The molecule has 0 bridgehead atoms. The van der Waals surface area contributed by atoms with E-state index in [2.05, 4.69) is 11.9 Å². The molecular formula is C21H29N3O2. The maximum atomic E-state index is 13.0. The Labute approximate surface area is 155 Å². The van der Waals surface area contributed by atoms with E-state index in [4.69, 9.17) is 0 Å². The summed E-state index contributed by atoms with van der Waals surface area (Å²) in [4.78, 5) is 34.2. The minimum absolute atomic E-state index is 0.0687. The molecule has 3 fully saturated rings. The maximum Gasteiger partial charge on any atom is 0.226 e. The molecule has 0 spiro atoms. The number of amides is 2. The molecule has 1 aromatic rings. The predicted octanol–water partition coefficient (Wildman–Crippen LogP) is 2.92. The van der Waals surface area contributed by atoms with Crippen LogP contribution in [0.3, 0.4) is 0 Å². The minimum Gasteiger partial charge on any atom is -0.337 e. The van der Waals surface area contributed by atoms with Crippen LogP contribution >= 0.6 is 0 Å². The number of nitrogens with zero attached hydrogens (tertiary/aromatic N) is 3. The molecule has 5 heteroatoms. The lowest BCUT2D eigenvalue weighted by Gasteiger charge is -2.31. The Balaban J connectivity index is 1.44. The minimum atomic E-state index is 0.0687. The Morgan fingerprint density at radius 2 is 1.92 bits per heavy atom. The molecule has 0 radical (unpaired) electrons. The molecule has 1 saturated carbocycles. The second-order valence-corrected chi connectivity index (χ2v) is 8.41. The second kappa shape index (κ2) is 7.01. The lowest BCUT2D eigenvalue weighted by molar-refractivity contribution is -0.137. The van der Waals surface area contributed by atoms with Gasteiger partial charge in [-0.25, -0.2) is 0 Å². The number of pyridine rings is 1. The van der Waals surface area contributed by atoms with Crippen LogP contribution in [0.5, 0.6) is 0 Å². The topological polar surface area (TPSA) is 53.5 Å². The highest BCUT2D eigenvalue weighted by Gasteiger charge is 2.49. The summed E-state index contributed by atoms with van der Waals surface area (Å²) in [6.45, 7) is 5.61. The second-order valence-electron chi connectivity index (χ2n) is 8.41. The molecule has 26 heavy (non-hydrogen) atoms. The first-order valence-electron chi connectivity index (χ1n) is 10.1. The first-order chi connectivity index (χ1) is 12.5. The number of likely N-dealkylation sites (tertiary alicyclic amines) is 2. The molecule has 0 unspecified atom stereocenters. The summed E-state index contributed by atoms with van der Waals surface area (Å²) in [6, 6.07) is 6.17. The molecule has 0 N–H and O–H groups in total. The molecule has 4 rings (SSSR count). The van der Waals surface area contributed by atoms with Crippen LogP contribution in [-0.4, -0.2) is 45.2 Å². The van der Waals surface area contributed by atoms with Gasteiger partial charge in [0.15, 0.2) is 0 Å². The molecule has 3 aliphatic rings. The van der Waals surface area contributed by atoms with Gasteiger partial charge in [0.05, 0.1) is 24.3 Å². The van der Waals surface area contributed by atoms with Crippen LogP contribution in [0.2, 0.25) is 0 Å². The van der Waals surface area contributed by atoms with E-state index in [-0.39, 0.29) is 23.9 Å². The Hall–Kier alpha value is -1.91. The molecule has 1 aliphatic carbocycles.